The number of Topliss-reactive ketones (excluding diaryl/α,β-unsaturated/α-hetero) is 1. The van der Waals surface area contributed by atoms with Gasteiger partial charge >= 0.3 is 5.97 Å². The molecule has 0 saturated carbocycles. The summed E-state index contributed by atoms with van der Waals surface area (Å²) in [4.78, 5) is 46.0. The highest BCUT2D eigenvalue weighted by Crippen LogP contribution is 2.14. The summed E-state index contributed by atoms with van der Waals surface area (Å²) in [5, 5.41) is 29.5. The Bertz CT molecular complexity index is 482. The van der Waals surface area contributed by atoms with Crippen LogP contribution in [0.25, 0.3) is 0 Å². The molecule has 1 unspecified atom stereocenters. The standard InChI is InChI=1S/C15H27N3O7/c1-8(20)12(16)2-3-18-14(23)9(6-13(17)22)4-11(21)5-10(7-19)15(24)25/h8-10,12,19-20H,2-7,16H2,1H3,(H2,17,22)(H,18,23)(H,24,25)/t8?,9-,10-,12+/m0/s1. The summed E-state index contributed by atoms with van der Waals surface area (Å²) >= 11 is 0. The predicted molar refractivity (Wildman–Crippen MR) is 87.0 cm³/mol. The van der Waals surface area contributed by atoms with Gasteiger partial charge in [0, 0.05) is 31.8 Å². The van der Waals surface area contributed by atoms with Crippen LogP contribution in [0.2, 0.25) is 0 Å². The van der Waals surface area contributed by atoms with E-state index in [4.69, 9.17) is 21.7 Å². The van der Waals surface area contributed by atoms with Gasteiger partial charge in [-0.1, -0.05) is 0 Å². The Morgan fingerprint density at radius 3 is 2.08 bits per heavy atom. The zero-order chi connectivity index (χ0) is 19.6. The van der Waals surface area contributed by atoms with Gasteiger partial charge in [-0.05, 0) is 13.3 Å². The van der Waals surface area contributed by atoms with Crippen LogP contribution >= 0.6 is 0 Å². The Labute approximate surface area is 145 Å². The van der Waals surface area contributed by atoms with Gasteiger partial charge < -0.3 is 32.1 Å². The van der Waals surface area contributed by atoms with Crippen molar-refractivity contribution in [2.75, 3.05) is 13.2 Å². The summed E-state index contributed by atoms with van der Waals surface area (Å²) in [6, 6.07) is -0.530. The van der Waals surface area contributed by atoms with E-state index in [1.165, 1.54) is 6.92 Å². The first-order valence-corrected chi connectivity index (χ1v) is 7.93. The first kappa shape index (κ1) is 23.0. The fourth-order valence-corrected chi connectivity index (χ4v) is 2.11. The number of hydrogen-bond acceptors (Lipinski definition) is 7. The SMILES string of the molecule is CC(O)[C@H](N)CCNC(=O)[C@H](CC(N)=O)CC(=O)C[C@@H](CO)C(=O)O. The van der Waals surface area contributed by atoms with Crippen LogP contribution in [0.1, 0.15) is 32.6 Å². The smallest absolute Gasteiger partial charge is 0.309 e. The van der Waals surface area contributed by atoms with E-state index in [2.05, 4.69) is 5.32 Å². The minimum atomic E-state index is -1.32. The van der Waals surface area contributed by atoms with Crippen molar-refractivity contribution in [3.05, 3.63) is 0 Å². The summed E-state index contributed by atoms with van der Waals surface area (Å²) < 4.78 is 0. The molecule has 0 fully saturated rings. The topological polar surface area (TPSA) is 193 Å². The number of aliphatic carboxylic acids is 1. The number of carbonyl (C=O) groups is 4. The monoisotopic (exact) mass is 361 g/mol. The van der Waals surface area contributed by atoms with E-state index in [0.29, 0.717) is 6.42 Å². The molecule has 0 heterocycles. The van der Waals surface area contributed by atoms with Crippen LogP contribution in [0, 0.1) is 11.8 Å². The Morgan fingerprint density at radius 2 is 1.64 bits per heavy atom. The molecule has 144 valence electrons. The van der Waals surface area contributed by atoms with Crippen molar-refractivity contribution in [3.63, 3.8) is 0 Å². The molecule has 2 amide bonds. The minimum Gasteiger partial charge on any atom is -0.481 e. The molecule has 4 atom stereocenters. The number of ketones is 1. The van der Waals surface area contributed by atoms with Crippen molar-refractivity contribution >= 4 is 23.6 Å². The third-order valence-corrected chi connectivity index (χ3v) is 3.73. The number of aliphatic hydroxyl groups excluding tert-OH is 2. The third-order valence-electron chi connectivity index (χ3n) is 3.73. The third kappa shape index (κ3) is 9.75. The van der Waals surface area contributed by atoms with Crippen LogP contribution in [-0.2, 0) is 19.2 Å². The lowest BCUT2D eigenvalue weighted by molar-refractivity contribution is -0.145. The number of hydrogen-bond donors (Lipinski definition) is 6. The number of nitrogens with one attached hydrogen (secondary N) is 1. The molecule has 8 N–H and O–H groups in total. The lowest BCUT2D eigenvalue weighted by Gasteiger charge is -2.18. The fourth-order valence-electron chi connectivity index (χ4n) is 2.11. The van der Waals surface area contributed by atoms with Gasteiger partial charge in [0.05, 0.1) is 24.5 Å². The van der Waals surface area contributed by atoms with Crippen LogP contribution in [0.5, 0.6) is 0 Å². The number of carbonyl (C=O) groups excluding carboxylic acids is 3. The Kier molecular flexibility index (Phi) is 10.6. The van der Waals surface area contributed by atoms with Crippen molar-refractivity contribution in [1.82, 2.24) is 5.32 Å². The lowest BCUT2D eigenvalue weighted by Crippen LogP contribution is -2.39. The second kappa shape index (κ2) is 11.5. The van der Waals surface area contributed by atoms with Gasteiger partial charge in [0.1, 0.15) is 5.78 Å². The van der Waals surface area contributed by atoms with Crippen LogP contribution in [0.4, 0.5) is 0 Å². The molecule has 0 aliphatic carbocycles. The van der Waals surface area contributed by atoms with Crippen molar-refractivity contribution in [2.24, 2.45) is 23.3 Å². The first-order chi connectivity index (χ1) is 11.6. The largest absolute Gasteiger partial charge is 0.481 e. The Morgan fingerprint density at radius 1 is 1.08 bits per heavy atom. The fraction of sp³-hybridized carbons (Fsp3) is 0.733. The Balaban J connectivity index is 4.66. The Hall–Kier alpha value is -2.04. The van der Waals surface area contributed by atoms with Crippen molar-refractivity contribution < 1.29 is 34.5 Å². The highest BCUT2D eigenvalue weighted by Gasteiger charge is 2.27. The number of primary amides is 1. The molecule has 0 spiro atoms. The molecule has 0 aromatic heterocycles. The van der Waals surface area contributed by atoms with Crippen LogP contribution in [0.3, 0.4) is 0 Å². The molecular formula is C15H27N3O7. The van der Waals surface area contributed by atoms with Gasteiger partial charge in [-0.25, -0.2) is 0 Å². The molecular weight excluding hydrogens is 334 g/mol. The minimum absolute atomic E-state index is 0.142. The maximum Gasteiger partial charge on any atom is 0.309 e. The summed E-state index contributed by atoms with van der Waals surface area (Å²) in [7, 11) is 0. The maximum absolute atomic E-state index is 12.1. The zero-order valence-corrected chi connectivity index (χ0v) is 14.2. The number of carboxylic acids is 1. The normalized spacial score (nSPS) is 15.7. The van der Waals surface area contributed by atoms with E-state index in [1.54, 1.807) is 0 Å². The van der Waals surface area contributed by atoms with Crippen molar-refractivity contribution in [2.45, 2.75) is 44.8 Å². The van der Waals surface area contributed by atoms with E-state index < -0.39 is 60.6 Å². The van der Waals surface area contributed by atoms with Crippen LogP contribution < -0.4 is 16.8 Å². The van der Waals surface area contributed by atoms with Gasteiger partial charge in [-0.15, -0.1) is 0 Å². The average molecular weight is 361 g/mol. The summed E-state index contributed by atoms with van der Waals surface area (Å²) in [6.07, 6.45) is -1.61. The summed E-state index contributed by atoms with van der Waals surface area (Å²) in [5.74, 6) is -5.52. The molecule has 0 bridgehead atoms. The zero-order valence-electron chi connectivity index (χ0n) is 14.2. The quantitative estimate of drug-likeness (QED) is 0.211. The van der Waals surface area contributed by atoms with Crippen molar-refractivity contribution in [1.29, 1.82) is 0 Å². The highest BCUT2D eigenvalue weighted by atomic mass is 16.4. The van der Waals surface area contributed by atoms with E-state index in [1.807, 2.05) is 0 Å². The molecule has 0 aromatic carbocycles. The number of carboxylic acid groups (broad SMARTS) is 1. The molecule has 0 rings (SSSR count). The van der Waals surface area contributed by atoms with E-state index in [9.17, 15) is 24.3 Å². The second-order valence-corrected chi connectivity index (χ2v) is 6.02. The average Bonchev–Trinajstić information content (AvgIpc) is 2.50. The van der Waals surface area contributed by atoms with Gasteiger partial charge in [0.25, 0.3) is 0 Å². The van der Waals surface area contributed by atoms with Gasteiger partial charge in [-0.2, -0.15) is 0 Å². The number of rotatable bonds is 13. The molecule has 0 aliphatic rings. The molecule has 25 heavy (non-hydrogen) atoms. The number of nitrogens with two attached hydrogens (primary N) is 2. The van der Waals surface area contributed by atoms with E-state index in [-0.39, 0.29) is 19.4 Å². The molecule has 0 radical (unpaired) electrons. The second-order valence-electron chi connectivity index (χ2n) is 6.02. The predicted octanol–water partition coefficient (Wildman–Crippen LogP) is -2.27. The van der Waals surface area contributed by atoms with Gasteiger partial charge in [0.15, 0.2) is 0 Å². The van der Waals surface area contributed by atoms with E-state index >= 15 is 0 Å². The number of aliphatic hydroxyl groups is 2. The highest BCUT2D eigenvalue weighted by molar-refractivity contribution is 5.91. The molecule has 0 aromatic rings. The van der Waals surface area contributed by atoms with Crippen LogP contribution in [-0.4, -0.2) is 64.2 Å². The van der Waals surface area contributed by atoms with Gasteiger partial charge in [0.2, 0.25) is 11.8 Å². The number of amides is 2. The summed E-state index contributed by atoms with van der Waals surface area (Å²) in [6.45, 7) is 0.953. The molecule has 10 heteroatoms. The summed E-state index contributed by atoms with van der Waals surface area (Å²) in [5.41, 5.74) is 10.7. The molecule has 10 nitrogen and oxygen atoms in total. The van der Waals surface area contributed by atoms with Crippen LogP contribution in [0.15, 0.2) is 0 Å². The van der Waals surface area contributed by atoms with E-state index in [0.717, 1.165) is 0 Å². The molecule has 0 aliphatic heterocycles. The molecule has 0 saturated heterocycles. The maximum atomic E-state index is 12.1. The lowest BCUT2D eigenvalue weighted by atomic mass is 9.92. The first-order valence-electron chi connectivity index (χ1n) is 7.93. The van der Waals surface area contributed by atoms with Crippen molar-refractivity contribution in [3.8, 4) is 0 Å². The van der Waals surface area contributed by atoms with Gasteiger partial charge in [-0.3, -0.25) is 19.2 Å².